The number of aromatic nitrogens is 4. The first kappa shape index (κ1) is 19.0. The van der Waals surface area contributed by atoms with Gasteiger partial charge >= 0.3 is 0 Å². The molecule has 1 aromatic heterocycles. The Balaban J connectivity index is 2.04. The van der Waals surface area contributed by atoms with Crippen LogP contribution in [0.4, 0.5) is 0 Å². The maximum absolute atomic E-state index is 4.54. The second-order valence-electron chi connectivity index (χ2n) is 9.22. The van der Waals surface area contributed by atoms with Gasteiger partial charge in [0.1, 0.15) is 0 Å². The molecule has 1 aromatic carbocycles. The molecule has 0 spiro atoms. The van der Waals surface area contributed by atoms with Gasteiger partial charge in [-0.3, -0.25) is 4.90 Å². The number of aryl methyl sites for hydroxylation is 2. The van der Waals surface area contributed by atoms with E-state index in [1.54, 1.807) is 0 Å². The average molecular weight is 356 g/mol. The standard InChI is InChI=1S/C21H33N5/c1-15-9-8-10-16(2)18(15)26-19(22-23-24-26)21(25(6)7)13-11-17(12-14-21)20(3,4)5/h8-10,17H,11-14H2,1-7H3. The van der Waals surface area contributed by atoms with Gasteiger partial charge in [-0.2, -0.15) is 4.68 Å². The normalized spacial score (nSPS) is 24.2. The van der Waals surface area contributed by atoms with Crippen LogP contribution in [0.3, 0.4) is 0 Å². The summed E-state index contributed by atoms with van der Waals surface area (Å²) in [6, 6.07) is 6.35. The Morgan fingerprint density at radius 3 is 2.15 bits per heavy atom. The van der Waals surface area contributed by atoms with Crippen LogP contribution >= 0.6 is 0 Å². The first-order chi connectivity index (χ1) is 12.2. The van der Waals surface area contributed by atoms with Gasteiger partial charge in [0.15, 0.2) is 5.82 Å². The molecule has 3 rings (SSSR count). The van der Waals surface area contributed by atoms with E-state index in [2.05, 4.69) is 87.3 Å². The fourth-order valence-electron chi connectivity index (χ4n) is 4.60. The lowest BCUT2D eigenvalue weighted by Crippen LogP contribution is -2.47. The number of para-hydroxylation sites is 1. The predicted octanol–water partition coefficient (Wildman–Crippen LogP) is 4.27. The first-order valence-corrected chi connectivity index (χ1v) is 9.70. The minimum Gasteiger partial charge on any atom is -0.297 e. The lowest BCUT2D eigenvalue weighted by Gasteiger charge is -2.46. The number of benzene rings is 1. The van der Waals surface area contributed by atoms with Crippen LogP contribution in [0.2, 0.25) is 0 Å². The maximum Gasteiger partial charge on any atom is 0.176 e. The second kappa shape index (κ2) is 6.76. The van der Waals surface area contributed by atoms with Gasteiger partial charge in [0, 0.05) is 0 Å². The summed E-state index contributed by atoms with van der Waals surface area (Å²) in [5, 5.41) is 13.0. The van der Waals surface area contributed by atoms with Crippen molar-refractivity contribution in [2.75, 3.05) is 14.1 Å². The number of hydrogen-bond donors (Lipinski definition) is 0. The van der Waals surface area contributed by atoms with E-state index in [-0.39, 0.29) is 5.54 Å². The van der Waals surface area contributed by atoms with Gasteiger partial charge in [0.05, 0.1) is 11.2 Å². The summed E-state index contributed by atoms with van der Waals surface area (Å²) in [7, 11) is 4.34. The van der Waals surface area contributed by atoms with E-state index >= 15 is 0 Å². The van der Waals surface area contributed by atoms with E-state index < -0.39 is 0 Å². The highest BCUT2D eigenvalue weighted by molar-refractivity contribution is 5.47. The molecule has 0 N–H and O–H groups in total. The fourth-order valence-corrected chi connectivity index (χ4v) is 4.60. The molecule has 0 amide bonds. The molecule has 0 atom stereocenters. The van der Waals surface area contributed by atoms with Crippen LogP contribution in [0.25, 0.3) is 5.69 Å². The Hall–Kier alpha value is -1.75. The van der Waals surface area contributed by atoms with Gasteiger partial charge in [-0.25, -0.2) is 0 Å². The summed E-state index contributed by atoms with van der Waals surface area (Å²) in [6.07, 6.45) is 4.60. The van der Waals surface area contributed by atoms with Crippen molar-refractivity contribution in [1.29, 1.82) is 0 Å². The molecule has 1 aliphatic carbocycles. The van der Waals surface area contributed by atoms with Crippen molar-refractivity contribution >= 4 is 0 Å². The molecule has 142 valence electrons. The van der Waals surface area contributed by atoms with Gasteiger partial charge < -0.3 is 0 Å². The van der Waals surface area contributed by atoms with Crippen molar-refractivity contribution < 1.29 is 0 Å². The van der Waals surface area contributed by atoms with Gasteiger partial charge in [-0.1, -0.05) is 39.0 Å². The molecule has 1 heterocycles. The third-order valence-electron chi connectivity index (χ3n) is 6.43. The van der Waals surface area contributed by atoms with Crippen LogP contribution in [0.1, 0.15) is 63.4 Å². The van der Waals surface area contributed by atoms with E-state index in [0.717, 1.165) is 30.3 Å². The van der Waals surface area contributed by atoms with E-state index in [4.69, 9.17) is 0 Å². The van der Waals surface area contributed by atoms with Crippen molar-refractivity contribution in [3.63, 3.8) is 0 Å². The van der Waals surface area contributed by atoms with Gasteiger partial charge in [0.2, 0.25) is 0 Å². The smallest absolute Gasteiger partial charge is 0.176 e. The highest BCUT2D eigenvalue weighted by Crippen LogP contribution is 2.47. The Bertz CT molecular complexity index is 741. The summed E-state index contributed by atoms with van der Waals surface area (Å²) in [5.41, 5.74) is 3.77. The molecule has 0 saturated heterocycles. The van der Waals surface area contributed by atoms with Crippen LogP contribution in [-0.2, 0) is 5.54 Å². The molecular weight excluding hydrogens is 322 g/mol. The second-order valence-corrected chi connectivity index (χ2v) is 9.22. The molecule has 26 heavy (non-hydrogen) atoms. The van der Waals surface area contributed by atoms with Crippen LogP contribution < -0.4 is 0 Å². The fraction of sp³-hybridized carbons (Fsp3) is 0.667. The Labute approximate surface area is 157 Å². The molecule has 0 radical (unpaired) electrons. The maximum atomic E-state index is 4.54. The zero-order chi connectivity index (χ0) is 19.1. The number of rotatable bonds is 3. The molecule has 0 bridgehead atoms. The quantitative estimate of drug-likeness (QED) is 0.825. The largest absolute Gasteiger partial charge is 0.297 e. The molecule has 1 saturated carbocycles. The van der Waals surface area contributed by atoms with Crippen molar-refractivity contribution in [2.45, 2.75) is 65.8 Å². The van der Waals surface area contributed by atoms with E-state index in [1.807, 2.05) is 4.68 Å². The Morgan fingerprint density at radius 2 is 1.65 bits per heavy atom. The Kier molecular flexibility index (Phi) is 4.95. The van der Waals surface area contributed by atoms with Crippen LogP contribution in [0.15, 0.2) is 18.2 Å². The summed E-state index contributed by atoms with van der Waals surface area (Å²) >= 11 is 0. The van der Waals surface area contributed by atoms with Crippen LogP contribution in [0.5, 0.6) is 0 Å². The minimum atomic E-state index is -0.111. The number of nitrogens with zero attached hydrogens (tertiary/aromatic N) is 5. The molecule has 5 nitrogen and oxygen atoms in total. The molecule has 1 aliphatic rings. The highest BCUT2D eigenvalue weighted by Gasteiger charge is 2.45. The van der Waals surface area contributed by atoms with Crippen LogP contribution in [0, 0.1) is 25.2 Å². The predicted molar refractivity (Wildman–Crippen MR) is 105 cm³/mol. The van der Waals surface area contributed by atoms with Gasteiger partial charge in [-0.15, -0.1) is 5.10 Å². The third kappa shape index (κ3) is 3.18. The summed E-state index contributed by atoms with van der Waals surface area (Å²) in [5.74, 6) is 1.73. The van der Waals surface area contributed by atoms with E-state index in [0.29, 0.717) is 5.41 Å². The topological polar surface area (TPSA) is 46.8 Å². The lowest BCUT2D eigenvalue weighted by molar-refractivity contribution is 0.0372. The van der Waals surface area contributed by atoms with Crippen molar-refractivity contribution in [3.8, 4) is 5.69 Å². The first-order valence-electron chi connectivity index (χ1n) is 9.70. The summed E-state index contributed by atoms with van der Waals surface area (Å²) in [6.45, 7) is 11.3. The number of hydrogen-bond acceptors (Lipinski definition) is 4. The van der Waals surface area contributed by atoms with E-state index in [9.17, 15) is 0 Å². The SMILES string of the molecule is Cc1cccc(C)c1-n1nnnc1C1(N(C)C)CCC(C(C)(C)C)CC1. The molecule has 5 heteroatoms. The third-order valence-corrected chi connectivity index (χ3v) is 6.43. The zero-order valence-electron chi connectivity index (χ0n) is 17.4. The van der Waals surface area contributed by atoms with Crippen molar-refractivity contribution in [1.82, 2.24) is 25.1 Å². The minimum absolute atomic E-state index is 0.111. The lowest BCUT2D eigenvalue weighted by atomic mass is 9.66. The van der Waals surface area contributed by atoms with Crippen LogP contribution in [-0.4, -0.2) is 39.2 Å². The monoisotopic (exact) mass is 355 g/mol. The zero-order valence-corrected chi connectivity index (χ0v) is 17.4. The highest BCUT2D eigenvalue weighted by atomic mass is 15.6. The Morgan fingerprint density at radius 1 is 1.08 bits per heavy atom. The molecule has 0 unspecified atom stereocenters. The number of tetrazole rings is 1. The molecular formula is C21H33N5. The van der Waals surface area contributed by atoms with Gasteiger partial charge in [0.25, 0.3) is 0 Å². The van der Waals surface area contributed by atoms with Crippen molar-refractivity contribution in [2.24, 2.45) is 11.3 Å². The summed E-state index contributed by atoms with van der Waals surface area (Å²) in [4.78, 5) is 2.34. The molecule has 1 fully saturated rings. The van der Waals surface area contributed by atoms with E-state index in [1.165, 1.54) is 24.0 Å². The average Bonchev–Trinajstić information content (AvgIpc) is 3.03. The van der Waals surface area contributed by atoms with Crippen molar-refractivity contribution in [3.05, 3.63) is 35.2 Å². The summed E-state index contributed by atoms with van der Waals surface area (Å²) < 4.78 is 1.99. The molecule has 0 aliphatic heterocycles. The van der Waals surface area contributed by atoms with Gasteiger partial charge in [-0.05, 0) is 86.5 Å². The molecule has 2 aromatic rings.